The van der Waals surface area contributed by atoms with E-state index in [9.17, 15) is 9.59 Å². The molecule has 0 aromatic heterocycles. The number of amidine groups is 1. The molecule has 3 rings (SSSR count). The molecule has 1 saturated heterocycles. The Morgan fingerprint density at radius 1 is 1.30 bits per heavy atom. The molecule has 1 aromatic carbocycles. The maximum atomic E-state index is 13.0. The molecule has 0 unspecified atom stereocenters. The number of benzene rings is 1. The van der Waals surface area contributed by atoms with Crippen LogP contribution >= 0.6 is 34.4 Å². The molecule has 1 aromatic rings. The standard InChI is InChI=1S/C19H21IN2O4S/c1-4-14-17(23)22-16(12-5-7-13(20)8-6-12)15(11(2)21-19(22)27-14)18(24)26-10-9-25-3/h5-8,14,16H,4,9-10H2,1-3H3/t14-,16+/m1/s1. The summed E-state index contributed by atoms with van der Waals surface area (Å²) in [5.74, 6) is -0.479. The first-order valence-electron chi connectivity index (χ1n) is 8.68. The number of ether oxygens (including phenoxy) is 2. The van der Waals surface area contributed by atoms with Crippen molar-refractivity contribution in [2.24, 2.45) is 4.99 Å². The highest BCUT2D eigenvalue weighted by Crippen LogP contribution is 2.44. The SMILES string of the molecule is CC[C@H]1SC2=NC(C)=C(C(=O)OCCOC)[C@H](c3ccc(I)cc3)N2C1=O. The quantitative estimate of drug-likeness (QED) is 0.340. The molecule has 6 nitrogen and oxygen atoms in total. The molecule has 0 bridgehead atoms. The van der Waals surface area contributed by atoms with Crippen LogP contribution in [0.4, 0.5) is 0 Å². The normalized spacial score (nSPS) is 22.0. The van der Waals surface area contributed by atoms with Gasteiger partial charge in [0.1, 0.15) is 6.61 Å². The number of amides is 1. The summed E-state index contributed by atoms with van der Waals surface area (Å²) in [5, 5.41) is 0.480. The van der Waals surface area contributed by atoms with E-state index in [-0.39, 0.29) is 17.8 Å². The van der Waals surface area contributed by atoms with Gasteiger partial charge in [0.05, 0.1) is 29.2 Å². The Hall–Kier alpha value is -1.39. The second-order valence-electron chi connectivity index (χ2n) is 6.20. The molecule has 0 radical (unpaired) electrons. The van der Waals surface area contributed by atoms with Gasteiger partial charge in [-0.1, -0.05) is 30.8 Å². The van der Waals surface area contributed by atoms with Gasteiger partial charge in [0.15, 0.2) is 5.17 Å². The van der Waals surface area contributed by atoms with Crippen LogP contribution in [0.15, 0.2) is 40.5 Å². The largest absolute Gasteiger partial charge is 0.460 e. The molecule has 0 N–H and O–H groups in total. The zero-order chi connectivity index (χ0) is 19.6. The molecule has 2 heterocycles. The van der Waals surface area contributed by atoms with Gasteiger partial charge in [0.25, 0.3) is 0 Å². The van der Waals surface area contributed by atoms with Crippen LogP contribution in [0.3, 0.4) is 0 Å². The van der Waals surface area contributed by atoms with Crippen molar-refractivity contribution in [2.45, 2.75) is 31.6 Å². The summed E-state index contributed by atoms with van der Waals surface area (Å²) >= 11 is 3.69. The summed E-state index contributed by atoms with van der Waals surface area (Å²) in [6.45, 7) is 4.25. The fourth-order valence-corrected chi connectivity index (χ4v) is 4.60. The molecule has 2 atom stereocenters. The van der Waals surface area contributed by atoms with Crippen molar-refractivity contribution in [1.82, 2.24) is 4.90 Å². The van der Waals surface area contributed by atoms with Crippen molar-refractivity contribution in [3.63, 3.8) is 0 Å². The van der Waals surface area contributed by atoms with E-state index in [1.807, 2.05) is 31.2 Å². The van der Waals surface area contributed by atoms with E-state index < -0.39 is 12.0 Å². The third kappa shape index (κ3) is 4.07. The van der Waals surface area contributed by atoms with Crippen molar-refractivity contribution in [3.8, 4) is 0 Å². The number of allylic oxidation sites excluding steroid dienone is 1. The van der Waals surface area contributed by atoms with Crippen LogP contribution in [0, 0.1) is 3.57 Å². The van der Waals surface area contributed by atoms with E-state index in [4.69, 9.17) is 9.47 Å². The summed E-state index contributed by atoms with van der Waals surface area (Å²) < 4.78 is 11.4. The molecule has 0 saturated carbocycles. The zero-order valence-corrected chi connectivity index (χ0v) is 18.4. The number of halogens is 1. The maximum Gasteiger partial charge on any atom is 0.338 e. The van der Waals surface area contributed by atoms with Gasteiger partial charge >= 0.3 is 5.97 Å². The van der Waals surface area contributed by atoms with Crippen LogP contribution in [0.1, 0.15) is 31.9 Å². The molecular weight excluding hydrogens is 479 g/mol. The lowest BCUT2D eigenvalue weighted by Crippen LogP contribution is -2.40. The van der Waals surface area contributed by atoms with E-state index in [1.165, 1.54) is 11.8 Å². The predicted octanol–water partition coefficient (Wildman–Crippen LogP) is 3.52. The van der Waals surface area contributed by atoms with E-state index in [1.54, 1.807) is 18.9 Å². The number of thioether (sulfide) groups is 1. The minimum atomic E-state index is -0.527. The van der Waals surface area contributed by atoms with Gasteiger partial charge in [-0.15, -0.1) is 0 Å². The Kier molecular flexibility index (Phi) is 6.59. The van der Waals surface area contributed by atoms with E-state index in [0.717, 1.165) is 9.13 Å². The minimum absolute atomic E-state index is 0.0144. The molecule has 2 aliphatic rings. The Labute approximate surface area is 176 Å². The molecule has 8 heteroatoms. The van der Waals surface area contributed by atoms with Crippen LogP contribution in [-0.2, 0) is 19.1 Å². The van der Waals surface area contributed by atoms with Crippen LogP contribution in [0.5, 0.6) is 0 Å². The summed E-state index contributed by atoms with van der Waals surface area (Å²) in [6, 6.07) is 7.30. The highest BCUT2D eigenvalue weighted by atomic mass is 127. The monoisotopic (exact) mass is 500 g/mol. The number of esters is 1. The van der Waals surface area contributed by atoms with Gasteiger partial charge in [-0.3, -0.25) is 9.69 Å². The van der Waals surface area contributed by atoms with Gasteiger partial charge in [-0.25, -0.2) is 9.79 Å². The highest BCUT2D eigenvalue weighted by Gasteiger charge is 2.47. The number of hydrogen-bond donors (Lipinski definition) is 0. The topological polar surface area (TPSA) is 68.2 Å². The third-order valence-corrected chi connectivity index (χ3v) is 6.49. The molecule has 1 fully saturated rings. The van der Waals surface area contributed by atoms with Gasteiger partial charge in [0.2, 0.25) is 5.91 Å². The fourth-order valence-electron chi connectivity index (χ4n) is 3.11. The molecular formula is C19H21IN2O4S. The average Bonchev–Trinajstić information content (AvgIpc) is 2.96. The third-order valence-electron chi connectivity index (χ3n) is 4.45. The number of fused-ring (bicyclic) bond motifs is 1. The Bertz CT molecular complexity index is 806. The number of carbonyl (C=O) groups is 2. The van der Waals surface area contributed by atoms with Crippen molar-refractivity contribution in [2.75, 3.05) is 20.3 Å². The lowest BCUT2D eigenvalue weighted by atomic mass is 9.94. The highest BCUT2D eigenvalue weighted by molar-refractivity contribution is 14.1. The lowest BCUT2D eigenvalue weighted by Gasteiger charge is -2.33. The number of methoxy groups -OCH3 is 1. The van der Waals surface area contributed by atoms with E-state index >= 15 is 0 Å². The number of rotatable bonds is 6. The second-order valence-corrected chi connectivity index (χ2v) is 8.61. The minimum Gasteiger partial charge on any atom is -0.460 e. The van der Waals surface area contributed by atoms with Crippen molar-refractivity contribution >= 4 is 51.4 Å². The number of aliphatic imine (C=N–C) groups is 1. The van der Waals surface area contributed by atoms with Gasteiger partial charge < -0.3 is 9.47 Å². The second kappa shape index (κ2) is 8.74. The molecule has 2 aliphatic heterocycles. The number of carbonyl (C=O) groups excluding carboxylic acids is 2. The Morgan fingerprint density at radius 2 is 2.00 bits per heavy atom. The van der Waals surface area contributed by atoms with Crippen molar-refractivity contribution < 1.29 is 19.1 Å². The summed E-state index contributed by atoms with van der Waals surface area (Å²) in [6.07, 6.45) is 0.713. The molecule has 0 aliphatic carbocycles. The molecule has 144 valence electrons. The first-order chi connectivity index (χ1) is 13.0. The summed E-state index contributed by atoms with van der Waals surface area (Å²) in [7, 11) is 1.55. The Morgan fingerprint density at radius 3 is 2.63 bits per heavy atom. The summed E-state index contributed by atoms with van der Waals surface area (Å²) in [4.78, 5) is 32.0. The van der Waals surface area contributed by atoms with Crippen LogP contribution in [-0.4, -0.2) is 47.5 Å². The molecule has 27 heavy (non-hydrogen) atoms. The van der Waals surface area contributed by atoms with Crippen molar-refractivity contribution in [3.05, 3.63) is 44.7 Å². The Balaban J connectivity index is 2.03. The van der Waals surface area contributed by atoms with Crippen LogP contribution in [0.2, 0.25) is 0 Å². The predicted molar refractivity (Wildman–Crippen MR) is 113 cm³/mol. The van der Waals surface area contributed by atoms with Gasteiger partial charge in [-0.2, -0.15) is 0 Å². The van der Waals surface area contributed by atoms with Crippen LogP contribution in [0.25, 0.3) is 0 Å². The smallest absolute Gasteiger partial charge is 0.338 e. The summed E-state index contributed by atoms with van der Waals surface area (Å²) in [5.41, 5.74) is 1.86. The lowest BCUT2D eigenvalue weighted by molar-refractivity contribution is -0.141. The number of nitrogens with zero attached hydrogens (tertiary/aromatic N) is 2. The number of hydrogen-bond acceptors (Lipinski definition) is 6. The van der Waals surface area contributed by atoms with E-state index in [0.29, 0.717) is 29.5 Å². The first-order valence-corrected chi connectivity index (χ1v) is 10.6. The van der Waals surface area contributed by atoms with Crippen LogP contribution < -0.4 is 0 Å². The van der Waals surface area contributed by atoms with Gasteiger partial charge in [-0.05, 0) is 53.6 Å². The zero-order valence-electron chi connectivity index (χ0n) is 15.4. The average molecular weight is 500 g/mol. The molecule has 1 amide bonds. The van der Waals surface area contributed by atoms with Crippen molar-refractivity contribution in [1.29, 1.82) is 0 Å². The molecule has 0 spiro atoms. The van der Waals surface area contributed by atoms with E-state index in [2.05, 4.69) is 27.6 Å². The maximum absolute atomic E-state index is 13.0. The van der Waals surface area contributed by atoms with Gasteiger partial charge in [0, 0.05) is 10.7 Å². The first kappa shape index (κ1) is 20.3. The fraction of sp³-hybridized carbons (Fsp3) is 0.421.